The van der Waals surface area contributed by atoms with Gasteiger partial charge in [0.1, 0.15) is 5.75 Å². The molecule has 0 amide bonds. The number of hydrogen-bond donors (Lipinski definition) is 2. The van der Waals surface area contributed by atoms with Gasteiger partial charge in [0.2, 0.25) is 0 Å². The normalized spacial score (nSPS) is 11.1. The van der Waals surface area contributed by atoms with E-state index in [1.165, 1.54) is 75.3 Å². The van der Waals surface area contributed by atoms with E-state index in [-0.39, 0.29) is 12.8 Å². The summed E-state index contributed by atoms with van der Waals surface area (Å²) in [6.45, 7) is 3.06. The van der Waals surface area contributed by atoms with Crippen LogP contribution >= 0.6 is 0 Å². The maximum Gasteiger partial charge on any atom is 0.303 e. The van der Waals surface area contributed by atoms with Gasteiger partial charge in [-0.05, 0) is 62.1 Å². The minimum Gasteiger partial charge on any atom is -0.493 e. The fourth-order valence-electron chi connectivity index (χ4n) is 5.27. The van der Waals surface area contributed by atoms with Crippen LogP contribution in [0.4, 0.5) is 0 Å². The molecule has 0 saturated carbocycles. The van der Waals surface area contributed by atoms with Crippen LogP contribution in [0.2, 0.25) is 0 Å². The van der Waals surface area contributed by atoms with E-state index < -0.39 is 11.9 Å². The molecule has 2 N–H and O–H groups in total. The average Bonchev–Trinajstić information content (AvgIpc) is 2.91. The fraction of sp³-hybridized carbons (Fsp3) is 0.765. The van der Waals surface area contributed by atoms with Crippen molar-refractivity contribution in [1.82, 2.24) is 0 Å². The number of aryl methyl sites for hydroxylation is 1. The van der Waals surface area contributed by atoms with Crippen LogP contribution < -0.4 is 4.74 Å². The lowest BCUT2D eigenvalue weighted by molar-refractivity contribution is -0.138. The van der Waals surface area contributed by atoms with E-state index in [0.717, 1.165) is 89.4 Å². The molecular formula is C34H58O5. The first-order valence-electron chi connectivity index (χ1n) is 16.2. The van der Waals surface area contributed by atoms with Gasteiger partial charge in [-0.1, -0.05) is 115 Å². The summed E-state index contributed by atoms with van der Waals surface area (Å²) in [5.41, 5.74) is 2.82. The number of carbonyl (C=O) groups is 2. The Hall–Kier alpha value is -2.04. The highest BCUT2D eigenvalue weighted by Gasteiger charge is 2.10. The van der Waals surface area contributed by atoms with Crippen molar-refractivity contribution >= 4 is 11.9 Å². The third kappa shape index (κ3) is 20.5. The molecule has 224 valence electrons. The van der Waals surface area contributed by atoms with Crippen molar-refractivity contribution in [3.05, 3.63) is 29.3 Å². The summed E-state index contributed by atoms with van der Waals surface area (Å²) in [6, 6.07) is 6.57. The summed E-state index contributed by atoms with van der Waals surface area (Å²) < 4.78 is 6.34. The fourth-order valence-corrected chi connectivity index (χ4v) is 5.27. The Morgan fingerprint density at radius 2 is 1.05 bits per heavy atom. The highest BCUT2D eigenvalue weighted by Crippen LogP contribution is 2.27. The van der Waals surface area contributed by atoms with Gasteiger partial charge >= 0.3 is 11.9 Å². The molecule has 0 aliphatic heterocycles. The van der Waals surface area contributed by atoms with Crippen LogP contribution in [0.1, 0.15) is 159 Å². The summed E-state index contributed by atoms with van der Waals surface area (Å²) in [7, 11) is 0. The van der Waals surface area contributed by atoms with Crippen LogP contribution in [0.3, 0.4) is 0 Å². The van der Waals surface area contributed by atoms with E-state index in [0.29, 0.717) is 0 Å². The molecule has 0 heterocycles. The van der Waals surface area contributed by atoms with E-state index in [2.05, 4.69) is 25.1 Å². The van der Waals surface area contributed by atoms with Crippen molar-refractivity contribution in [1.29, 1.82) is 0 Å². The summed E-state index contributed by atoms with van der Waals surface area (Å²) >= 11 is 0. The number of ether oxygens (including phenoxy) is 1. The molecule has 1 aromatic carbocycles. The number of carboxylic acids is 2. The lowest BCUT2D eigenvalue weighted by Gasteiger charge is -2.16. The zero-order chi connectivity index (χ0) is 28.4. The van der Waals surface area contributed by atoms with Gasteiger partial charge in [-0.25, -0.2) is 0 Å². The van der Waals surface area contributed by atoms with E-state index in [1.54, 1.807) is 0 Å². The maximum atomic E-state index is 10.7. The second kappa shape index (κ2) is 25.0. The quantitative estimate of drug-likeness (QED) is 0.102. The van der Waals surface area contributed by atoms with Gasteiger partial charge in [-0.2, -0.15) is 0 Å². The molecule has 0 spiro atoms. The lowest BCUT2D eigenvalue weighted by atomic mass is 9.95. The van der Waals surface area contributed by atoms with Crippen molar-refractivity contribution < 1.29 is 24.5 Å². The van der Waals surface area contributed by atoms with Crippen LogP contribution in [0.25, 0.3) is 0 Å². The van der Waals surface area contributed by atoms with Crippen molar-refractivity contribution in [2.45, 2.75) is 161 Å². The molecule has 1 rings (SSSR count). The Kier molecular flexibility index (Phi) is 22.4. The largest absolute Gasteiger partial charge is 0.493 e. The average molecular weight is 547 g/mol. The third-order valence-electron chi connectivity index (χ3n) is 7.64. The number of benzene rings is 1. The molecule has 0 radical (unpaired) electrons. The highest BCUT2D eigenvalue weighted by molar-refractivity contribution is 5.66. The minimum absolute atomic E-state index is 0.287. The first-order valence-corrected chi connectivity index (χ1v) is 16.2. The third-order valence-corrected chi connectivity index (χ3v) is 7.64. The maximum absolute atomic E-state index is 10.7. The van der Waals surface area contributed by atoms with Crippen molar-refractivity contribution in [3.63, 3.8) is 0 Å². The standard InChI is InChI=1S/C34H58O5/c1-2-3-4-5-6-11-16-21-29-39-32-26-22-24-30(23-17-12-7-9-14-19-27-33(35)36)31(32)25-18-13-8-10-15-20-28-34(37)38/h22,24,26H,2-21,23,25,27-29H2,1H3,(H,35,36)(H,37,38). The van der Waals surface area contributed by atoms with Crippen molar-refractivity contribution in [2.75, 3.05) is 6.61 Å². The summed E-state index contributed by atoms with van der Waals surface area (Å²) in [5.74, 6) is -0.305. The summed E-state index contributed by atoms with van der Waals surface area (Å²) in [4.78, 5) is 21.3. The number of carboxylic acid groups (broad SMARTS) is 2. The molecule has 0 unspecified atom stereocenters. The number of hydrogen-bond acceptors (Lipinski definition) is 3. The molecule has 0 aliphatic carbocycles. The van der Waals surface area contributed by atoms with Crippen LogP contribution in [-0.2, 0) is 22.4 Å². The molecule has 0 bridgehead atoms. The summed E-state index contributed by atoms with van der Waals surface area (Å²) in [5, 5.41) is 17.6. The molecule has 0 aliphatic rings. The molecule has 1 aromatic rings. The van der Waals surface area contributed by atoms with Gasteiger partial charge in [0, 0.05) is 12.8 Å². The molecular weight excluding hydrogens is 488 g/mol. The van der Waals surface area contributed by atoms with Crippen LogP contribution in [0, 0.1) is 0 Å². The number of aliphatic carboxylic acids is 2. The first kappa shape index (κ1) is 35.0. The Morgan fingerprint density at radius 3 is 1.59 bits per heavy atom. The van der Waals surface area contributed by atoms with E-state index in [9.17, 15) is 9.59 Å². The molecule has 0 aromatic heterocycles. The number of rotatable bonds is 28. The molecule has 0 saturated heterocycles. The Morgan fingerprint density at radius 1 is 0.590 bits per heavy atom. The lowest BCUT2D eigenvalue weighted by Crippen LogP contribution is -2.04. The van der Waals surface area contributed by atoms with Crippen molar-refractivity contribution in [2.24, 2.45) is 0 Å². The van der Waals surface area contributed by atoms with Crippen LogP contribution in [0.15, 0.2) is 18.2 Å². The van der Waals surface area contributed by atoms with Gasteiger partial charge in [0.25, 0.3) is 0 Å². The summed E-state index contributed by atoms with van der Waals surface area (Å²) in [6.07, 6.45) is 26.0. The zero-order valence-electron chi connectivity index (χ0n) is 25.0. The van der Waals surface area contributed by atoms with Gasteiger partial charge < -0.3 is 14.9 Å². The predicted molar refractivity (Wildman–Crippen MR) is 162 cm³/mol. The Balaban J connectivity index is 2.47. The number of unbranched alkanes of at least 4 members (excludes halogenated alkanes) is 17. The van der Waals surface area contributed by atoms with Gasteiger partial charge in [-0.15, -0.1) is 0 Å². The van der Waals surface area contributed by atoms with E-state index >= 15 is 0 Å². The molecule has 5 heteroatoms. The van der Waals surface area contributed by atoms with Gasteiger partial charge in [-0.3, -0.25) is 9.59 Å². The Bertz CT molecular complexity index is 745. The zero-order valence-corrected chi connectivity index (χ0v) is 25.0. The first-order chi connectivity index (χ1) is 19.0. The second-order valence-corrected chi connectivity index (χ2v) is 11.2. The van der Waals surface area contributed by atoms with E-state index in [4.69, 9.17) is 14.9 Å². The molecule has 0 atom stereocenters. The Labute approximate surface area is 239 Å². The van der Waals surface area contributed by atoms with Gasteiger partial charge in [0.15, 0.2) is 0 Å². The second-order valence-electron chi connectivity index (χ2n) is 11.2. The van der Waals surface area contributed by atoms with Crippen LogP contribution in [-0.4, -0.2) is 28.8 Å². The molecule has 5 nitrogen and oxygen atoms in total. The topological polar surface area (TPSA) is 83.8 Å². The highest BCUT2D eigenvalue weighted by atomic mass is 16.5. The van der Waals surface area contributed by atoms with Crippen LogP contribution in [0.5, 0.6) is 5.75 Å². The molecule has 39 heavy (non-hydrogen) atoms. The predicted octanol–water partition coefficient (Wildman–Crippen LogP) is 9.92. The minimum atomic E-state index is -0.690. The van der Waals surface area contributed by atoms with Crippen molar-refractivity contribution in [3.8, 4) is 5.75 Å². The molecule has 0 fully saturated rings. The SMILES string of the molecule is CCCCCCCCCCOc1cccc(CCCCCCCCC(=O)O)c1CCCCCCCCC(=O)O. The monoisotopic (exact) mass is 546 g/mol. The smallest absolute Gasteiger partial charge is 0.303 e. The van der Waals surface area contributed by atoms with E-state index in [1.807, 2.05) is 0 Å². The van der Waals surface area contributed by atoms with Gasteiger partial charge in [0.05, 0.1) is 6.61 Å².